The Bertz CT molecular complexity index is 820. The first kappa shape index (κ1) is 28.1. The minimum Gasteiger partial charge on any atom is -0.493 e. The summed E-state index contributed by atoms with van der Waals surface area (Å²) in [6, 6.07) is 9.24. The van der Waals surface area contributed by atoms with Gasteiger partial charge in [0.1, 0.15) is 6.61 Å². The van der Waals surface area contributed by atoms with Crippen LogP contribution in [0, 0.1) is 0 Å². The minimum atomic E-state index is 0.207. The van der Waals surface area contributed by atoms with Crippen molar-refractivity contribution >= 4 is 34.8 Å². The Labute approximate surface area is 214 Å². The van der Waals surface area contributed by atoms with Gasteiger partial charge < -0.3 is 19.7 Å². The summed E-state index contributed by atoms with van der Waals surface area (Å²) < 4.78 is 11.5. The van der Waals surface area contributed by atoms with E-state index in [4.69, 9.17) is 44.3 Å². The zero-order valence-electron chi connectivity index (χ0n) is 20.1. The fourth-order valence-corrected chi connectivity index (χ4v) is 4.38. The van der Waals surface area contributed by atoms with Crippen LogP contribution in [0.5, 0.6) is 11.5 Å². The van der Waals surface area contributed by atoms with Crippen LogP contribution in [0.2, 0.25) is 15.1 Å². The topological polar surface area (TPSA) is 33.7 Å². The Kier molecular flexibility index (Phi) is 13.3. The molecular formula is C26H37Cl3N2O2. The largest absolute Gasteiger partial charge is 0.493 e. The van der Waals surface area contributed by atoms with Crippen molar-refractivity contribution in [3.05, 3.63) is 56.5 Å². The second-order valence-corrected chi connectivity index (χ2v) is 9.40. The van der Waals surface area contributed by atoms with Gasteiger partial charge in [-0.2, -0.15) is 0 Å². The van der Waals surface area contributed by atoms with Crippen molar-refractivity contribution in [1.29, 1.82) is 0 Å². The molecule has 0 saturated heterocycles. The average Bonchev–Trinajstić information content (AvgIpc) is 2.80. The quantitative estimate of drug-likeness (QED) is 0.233. The molecule has 0 aliphatic heterocycles. The third-order valence-corrected chi connectivity index (χ3v) is 6.51. The van der Waals surface area contributed by atoms with Gasteiger partial charge in [-0.3, -0.25) is 0 Å². The highest BCUT2D eigenvalue weighted by atomic mass is 35.5. The van der Waals surface area contributed by atoms with E-state index in [1.807, 2.05) is 12.1 Å². The highest BCUT2D eigenvalue weighted by Gasteiger charge is 2.14. The van der Waals surface area contributed by atoms with Crippen LogP contribution in [0.15, 0.2) is 30.3 Å². The van der Waals surface area contributed by atoms with Gasteiger partial charge in [-0.25, -0.2) is 0 Å². The van der Waals surface area contributed by atoms with Gasteiger partial charge in [0.25, 0.3) is 0 Å². The van der Waals surface area contributed by atoms with Crippen molar-refractivity contribution < 1.29 is 9.47 Å². The smallest absolute Gasteiger partial charge is 0.180 e. The number of methoxy groups -OCH3 is 1. The summed E-state index contributed by atoms with van der Waals surface area (Å²) in [6.45, 7) is 9.92. The number of unbranched alkanes of at least 4 members (excludes halogenated alkanes) is 2. The van der Waals surface area contributed by atoms with Crippen molar-refractivity contribution in [3.8, 4) is 11.5 Å². The van der Waals surface area contributed by atoms with Gasteiger partial charge in [0.05, 0.1) is 12.1 Å². The van der Waals surface area contributed by atoms with E-state index in [2.05, 4.69) is 24.1 Å². The molecule has 0 spiro atoms. The van der Waals surface area contributed by atoms with Crippen LogP contribution in [-0.2, 0) is 13.2 Å². The van der Waals surface area contributed by atoms with E-state index in [9.17, 15) is 0 Å². The molecule has 2 rings (SSSR count). The third-order valence-electron chi connectivity index (χ3n) is 5.52. The van der Waals surface area contributed by atoms with Gasteiger partial charge in [0.15, 0.2) is 11.5 Å². The van der Waals surface area contributed by atoms with E-state index in [0.29, 0.717) is 26.6 Å². The number of halogens is 3. The Morgan fingerprint density at radius 1 is 0.879 bits per heavy atom. The molecule has 33 heavy (non-hydrogen) atoms. The Balaban J connectivity index is 1.88. The molecule has 0 aliphatic carbocycles. The van der Waals surface area contributed by atoms with E-state index in [-0.39, 0.29) is 6.61 Å². The van der Waals surface area contributed by atoms with Crippen molar-refractivity contribution in [2.45, 2.75) is 59.1 Å². The normalized spacial score (nSPS) is 11.2. The predicted molar refractivity (Wildman–Crippen MR) is 141 cm³/mol. The molecule has 0 atom stereocenters. The van der Waals surface area contributed by atoms with Crippen LogP contribution in [0.25, 0.3) is 0 Å². The first-order valence-electron chi connectivity index (χ1n) is 11.8. The van der Waals surface area contributed by atoms with Crippen LogP contribution in [-0.4, -0.2) is 38.2 Å². The van der Waals surface area contributed by atoms with E-state index >= 15 is 0 Å². The average molecular weight is 516 g/mol. The van der Waals surface area contributed by atoms with E-state index in [0.717, 1.165) is 37.2 Å². The summed E-state index contributed by atoms with van der Waals surface area (Å²) in [5, 5.41) is 5.14. The van der Waals surface area contributed by atoms with Crippen molar-refractivity contribution in [1.82, 2.24) is 10.2 Å². The van der Waals surface area contributed by atoms with E-state index in [1.54, 1.807) is 25.3 Å². The van der Waals surface area contributed by atoms with Crippen LogP contribution < -0.4 is 14.8 Å². The lowest BCUT2D eigenvalue weighted by Crippen LogP contribution is -2.29. The maximum Gasteiger partial charge on any atom is 0.180 e. The van der Waals surface area contributed by atoms with E-state index in [1.165, 1.54) is 38.8 Å². The predicted octanol–water partition coefficient (Wildman–Crippen LogP) is 7.62. The molecule has 0 heterocycles. The number of nitrogens with zero attached hydrogens (tertiary/aromatic N) is 1. The summed E-state index contributed by atoms with van der Waals surface area (Å²) in [6.07, 6.45) is 6.15. The van der Waals surface area contributed by atoms with Gasteiger partial charge in [-0.1, -0.05) is 67.6 Å². The zero-order chi connectivity index (χ0) is 24.1. The molecule has 4 nitrogen and oxygen atoms in total. The van der Waals surface area contributed by atoms with Gasteiger partial charge in [0, 0.05) is 22.2 Å². The summed E-state index contributed by atoms with van der Waals surface area (Å²) >= 11 is 19.0. The van der Waals surface area contributed by atoms with Gasteiger partial charge in [-0.05, 0) is 75.3 Å². The second kappa shape index (κ2) is 15.7. The van der Waals surface area contributed by atoms with Crippen molar-refractivity contribution in [2.75, 3.05) is 33.3 Å². The first-order valence-corrected chi connectivity index (χ1v) is 13.0. The molecule has 2 aromatic carbocycles. The lowest BCUT2D eigenvalue weighted by atomic mass is 10.2. The van der Waals surface area contributed by atoms with Gasteiger partial charge in [-0.15, -0.1) is 0 Å². The molecule has 184 valence electrons. The molecule has 0 saturated carbocycles. The molecule has 0 unspecified atom stereocenters. The molecule has 2 aromatic rings. The molecular weight excluding hydrogens is 479 g/mol. The molecule has 0 bridgehead atoms. The summed E-state index contributed by atoms with van der Waals surface area (Å²) in [5.41, 5.74) is 1.77. The highest BCUT2D eigenvalue weighted by Crippen LogP contribution is 2.38. The SMILES string of the molecule is CCCCN(CCCC)CCCNCc1cc(Cl)c(OCc2c(Cl)cccc2Cl)c(OC)c1. The number of hydrogen-bond acceptors (Lipinski definition) is 4. The van der Waals surface area contributed by atoms with Gasteiger partial charge >= 0.3 is 0 Å². The molecule has 0 fully saturated rings. The minimum absolute atomic E-state index is 0.207. The first-order chi connectivity index (χ1) is 16.0. The summed E-state index contributed by atoms with van der Waals surface area (Å²) in [5.74, 6) is 1.08. The number of ether oxygens (including phenoxy) is 2. The Morgan fingerprint density at radius 3 is 2.12 bits per heavy atom. The maximum absolute atomic E-state index is 6.53. The molecule has 0 aromatic heterocycles. The summed E-state index contributed by atoms with van der Waals surface area (Å²) in [4.78, 5) is 2.59. The molecule has 0 radical (unpaired) electrons. The molecule has 7 heteroatoms. The zero-order valence-corrected chi connectivity index (χ0v) is 22.3. The molecule has 0 amide bonds. The fourth-order valence-electron chi connectivity index (χ4n) is 3.59. The molecule has 0 aliphatic rings. The number of rotatable bonds is 16. The van der Waals surface area contributed by atoms with Crippen LogP contribution in [0.1, 0.15) is 57.1 Å². The van der Waals surface area contributed by atoms with Crippen LogP contribution in [0.3, 0.4) is 0 Å². The van der Waals surface area contributed by atoms with E-state index < -0.39 is 0 Å². The molecule has 1 N–H and O–H groups in total. The Morgan fingerprint density at radius 2 is 1.52 bits per heavy atom. The second-order valence-electron chi connectivity index (χ2n) is 8.18. The lowest BCUT2D eigenvalue weighted by Gasteiger charge is -2.22. The Hall–Kier alpha value is -1.17. The summed E-state index contributed by atoms with van der Waals surface area (Å²) in [7, 11) is 1.61. The van der Waals surface area contributed by atoms with Crippen LogP contribution >= 0.6 is 34.8 Å². The third kappa shape index (κ3) is 9.54. The number of benzene rings is 2. The highest BCUT2D eigenvalue weighted by molar-refractivity contribution is 6.36. The van der Waals surface area contributed by atoms with Crippen molar-refractivity contribution in [2.24, 2.45) is 0 Å². The number of nitrogens with one attached hydrogen (secondary N) is 1. The van der Waals surface area contributed by atoms with Crippen molar-refractivity contribution in [3.63, 3.8) is 0 Å². The monoisotopic (exact) mass is 514 g/mol. The lowest BCUT2D eigenvalue weighted by molar-refractivity contribution is 0.261. The number of hydrogen-bond donors (Lipinski definition) is 1. The standard InChI is InChI=1S/C26H37Cl3N2O2/c1-4-6-13-31(14-7-5-2)15-9-12-30-18-20-16-24(29)26(25(17-20)32-3)33-19-21-22(27)10-8-11-23(21)28/h8,10-11,16-17,30H,4-7,9,12-15,18-19H2,1-3H3. The maximum atomic E-state index is 6.53. The van der Waals surface area contributed by atoms with Crippen LogP contribution in [0.4, 0.5) is 0 Å². The fraction of sp³-hybridized carbons (Fsp3) is 0.538. The van der Waals surface area contributed by atoms with Gasteiger partial charge in [0.2, 0.25) is 0 Å².